The fourth-order valence-corrected chi connectivity index (χ4v) is 6.92. The van der Waals surface area contributed by atoms with Gasteiger partial charge in [-0.05, 0) is 37.1 Å². The lowest BCUT2D eigenvalue weighted by Crippen LogP contribution is -2.49. The zero-order valence-electron chi connectivity index (χ0n) is 15.2. The highest BCUT2D eigenvalue weighted by Crippen LogP contribution is 2.29. The van der Waals surface area contributed by atoms with E-state index in [-0.39, 0.29) is 23.2 Å². The van der Waals surface area contributed by atoms with E-state index in [4.69, 9.17) is 0 Å². The first-order chi connectivity index (χ1) is 12.8. The third-order valence-electron chi connectivity index (χ3n) is 5.19. The molecule has 0 aromatic heterocycles. The third-order valence-corrected chi connectivity index (χ3v) is 9.01. The molecule has 1 aromatic carbocycles. The molecule has 10 heteroatoms. The number of halogens is 1. The molecule has 1 heterocycles. The van der Waals surface area contributed by atoms with Crippen LogP contribution >= 0.6 is 0 Å². The summed E-state index contributed by atoms with van der Waals surface area (Å²) in [6, 6.07) is 4.47. The molecule has 1 aliphatic heterocycles. The molecule has 1 saturated carbocycles. The fourth-order valence-electron chi connectivity index (χ4n) is 3.69. The standard InChI is InChI=1S/C17H26FN3O4S2/c18-15-5-7-17(8-6-15)27(24,25)21(16-3-1-2-4-16)13-14-26(22,23)20-11-9-19-10-12-20/h5-8,16,19H,1-4,9-14H2. The summed E-state index contributed by atoms with van der Waals surface area (Å²) in [6.07, 6.45) is 3.28. The fraction of sp³-hybridized carbons (Fsp3) is 0.647. The number of hydrogen-bond donors (Lipinski definition) is 1. The number of nitrogens with zero attached hydrogens (tertiary/aromatic N) is 2. The molecule has 27 heavy (non-hydrogen) atoms. The van der Waals surface area contributed by atoms with Crippen LogP contribution in [0.15, 0.2) is 29.2 Å². The molecule has 1 aromatic rings. The number of benzene rings is 1. The van der Waals surface area contributed by atoms with Crippen LogP contribution in [0.5, 0.6) is 0 Å². The summed E-state index contributed by atoms with van der Waals surface area (Å²) < 4.78 is 67.4. The first-order valence-corrected chi connectivity index (χ1v) is 12.3. The molecular weight excluding hydrogens is 393 g/mol. The van der Waals surface area contributed by atoms with Crippen molar-refractivity contribution in [3.05, 3.63) is 30.1 Å². The molecule has 0 atom stereocenters. The summed E-state index contributed by atoms with van der Waals surface area (Å²) >= 11 is 0. The van der Waals surface area contributed by atoms with E-state index in [9.17, 15) is 21.2 Å². The van der Waals surface area contributed by atoms with Crippen molar-refractivity contribution >= 4 is 20.0 Å². The summed E-state index contributed by atoms with van der Waals surface area (Å²) in [5, 5.41) is 3.10. The summed E-state index contributed by atoms with van der Waals surface area (Å²) in [5.41, 5.74) is 0. The Hall–Kier alpha value is -1.07. The van der Waals surface area contributed by atoms with Crippen LogP contribution in [0.3, 0.4) is 0 Å². The molecule has 152 valence electrons. The van der Waals surface area contributed by atoms with E-state index in [1.54, 1.807) is 0 Å². The molecule has 2 aliphatic rings. The lowest BCUT2D eigenvalue weighted by molar-refractivity contribution is 0.327. The minimum atomic E-state index is -3.88. The Bertz CT molecular complexity index is 831. The van der Waals surface area contributed by atoms with Crippen LogP contribution in [-0.4, -0.2) is 70.0 Å². The van der Waals surface area contributed by atoms with Gasteiger partial charge in [0.15, 0.2) is 0 Å². The average Bonchev–Trinajstić information content (AvgIpc) is 3.17. The normalized spacial score (nSPS) is 20.4. The van der Waals surface area contributed by atoms with E-state index in [0.29, 0.717) is 39.0 Å². The molecular formula is C17H26FN3O4S2. The number of hydrogen-bond acceptors (Lipinski definition) is 5. The minimum absolute atomic E-state index is 0.00429. The highest BCUT2D eigenvalue weighted by Gasteiger charge is 2.35. The van der Waals surface area contributed by atoms with Crippen LogP contribution in [0.2, 0.25) is 0 Å². The van der Waals surface area contributed by atoms with Crippen LogP contribution in [-0.2, 0) is 20.0 Å². The van der Waals surface area contributed by atoms with E-state index in [2.05, 4.69) is 5.32 Å². The van der Waals surface area contributed by atoms with Crippen molar-refractivity contribution in [2.75, 3.05) is 38.5 Å². The molecule has 0 bridgehead atoms. The van der Waals surface area contributed by atoms with Gasteiger partial charge in [0.05, 0.1) is 10.6 Å². The van der Waals surface area contributed by atoms with Gasteiger partial charge in [0.25, 0.3) is 0 Å². The van der Waals surface area contributed by atoms with E-state index in [0.717, 1.165) is 25.0 Å². The Morgan fingerprint density at radius 2 is 1.63 bits per heavy atom. The van der Waals surface area contributed by atoms with Crippen LogP contribution in [0.4, 0.5) is 4.39 Å². The molecule has 1 N–H and O–H groups in total. The van der Waals surface area contributed by atoms with Crippen LogP contribution in [0.25, 0.3) is 0 Å². The average molecular weight is 420 g/mol. The second kappa shape index (κ2) is 8.52. The first kappa shape index (κ1) is 20.7. The van der Waals surface area contributed by atoms with Crippen molar-refractivity contribution in [1.29, 1.82) is 0 Å². The summed E-state index contributed by atoms with van der Waals surface area (Å²) in [5.74, 6) is -0.758. The van der Waals surface area contributed by atoms with Gasteiger partial charge in [-0.15, -0.1) is 0 Å². The Morgan fingerprint density at radius 1 is 1.04 bits per heavy atom. The van der Waals surface area contributed by atoms with Gasteiger partial charge >= 0.3 is 0 Å². The third kappa shape index (κ3) is 4.86. The van der Waals surface area contributed by atoms with Crippen molar-refractivity contribution in [1.82, 2.24) is 13.9 Å². The number of piperazine rings is 1. The van der Waals surface area contributed by atoms with E-state index in [1.807, 2.05) is 0 Å². The summed E-state index contributed by atoms with van der Waals surface area (Å²) in [4.78, 5) is -0.00429. The predicted molar refractivity (Wildman–Crippen MR) is 101 cm³/mol. The van der Waals surface area contributed by atoms with Crippen LogP contribution in [0, 0.1) is 5.82 Å². The molecule has 0 unspecified atom stereocenters. The Morgan fingerprint density at radius 3 is 2.22 bits per heavy atom. The van der Waals surface area contributed by atoms with E-state index in [1.165, 1.54) is 20.7 Å². The second-order valence-electron chi connectivity index (χ2n) is 6.97. The minimum Gasteiger partial charge on any atom is -0.314 e. The number of rotatable bonds is 7. The van der Waals surface area contributed by atoms with Crippen molar-refractivity contribution in [2.24, 2.45) is 0 Å². The van der Waals surface area contributed by atoms with Crippen molar-refractivity contribution in [2.45, 2.75) is 36.6 Å². The van der Waals surface area contributed by atoms with Gasteiger partial charge in [0.2, 0.25) is 20.0 Å². The van der Waals surface area contributed by atoms with Gasteiger partial charge in [-0.3, -0.25) is 0 Å². The van der Waals surface area contributed by atoms with Crippen LogP contribution in [0.1, 0.15) is 25.7 Å². The topological polar surface area (TPSA) is 86.8 Å². The molecule has 0 radical (unpaired) electrons. The first-order valence-electron chi connectivity index (χ1n) is 9.27. The maximum absolute atomic E-state index is 13.2. The van der Waals surface area contributed by atoms with Crippen molar-refractivity contribution in [3.63, 3.8) is 0 Å². The van der Waals surface area contributed by atoms with Gasteiger partial charge in [0, 0.05) is 38.8 Å². The maximum Gasteiger partial charge on any atom is 0.243 e. The smallest absolute Gasteiger partial charge is 0.243 e. The van der Waals surface area contributed by atoms with Crippen molar-refractivity contribution in [3.8, 4) is 0 Å². The zero-order chi connectivity index (χ0) is 19.5. The molecule has 0 amide bonds. The van der Waals surface area contributed by atoms with Crippen molar-refractivity contribution < 1.29 is 21.2 Å². The zero-order valence-corrected chi connectivity index (χ0v) is 16.8. The van der Waals surface area contributed by atoms with Gasteiger partial charge in [-0.25, -0.2) is 21.2 Å². The Balaban J connectivity index is 1.80. The number of nitrogens with one attached hydrogen (secondary N) is 1. The highest BCUT2D eigenvalue weighted by atomic mass is 32.2. The molecule has 1 saturated heterocycles. The van der Waals surface area contributed by atoms with Gasteiger partial charge in [0.1, 0.15) is 5.82 Å². The lowest BCUT2D eigenvalue weighted by Gasteiger charge is -2.30. The molecule has 3 rings (SSSR count). The quantitative estimate of drug-likeness (QED) is 0.712. The van der Waals surface area contributed by atoms with E-state index < -0.39 is 25.9 Å². The van der Waals surface area contributed by atoms with Gasteiger partial charge in [-0.2, -0.15) is 8.61 Å². The molecule has 2 fully saturated rings. The molecule has 0 spiro atoms. The summed E-state index contributed by atoms with van der Waals surface area (Å²) in [7, 11) is -7.41. The lowest BCUT2D eigenvalue weighted by atomic mass is 10.2. The number of sulfonamides is 2. The largest absolute Gasteiger partial charge is 0.314 e. The molecule has 7 nitrogen and oxygen atoms in total. The SMILES string of the molecule is O=S(=O)(CCN(C1CCCC1)S(=O)(=O)c1ccc(F)cc1)N1CCNCC1. The van der Waals surface area contributed by atoms with Gasteiger partial charge < -0.3 is 5.32 Å². The molecule has 1 aliphatic carbocycles. The summed E-state index contributed by atoms with van der Waals surface area (Å²) in [6.45, 7) is 1.91. The maximum atomic E-state index is 13.2. The monoisotopic (exact) mass is 419 g/mol. The second-order valence-corrected chi connectivity index (χ2v) is 11.0. The predicted octanol–water partition coefficient (Wildman–Crippen LogP) is 0.994. The Kier molecular flexibility index (Phi) is 6.52. The van der Waals surface area contributed by atoms with E-state index >= 15 is 0 Å². The van der Waals surface area contributed by atoms with Gasteiger partial charge in [-0.1, -0.05) is 12.8 Å². The van der Waals surface area contributed by atoms with Crippen LogP contribution < -0.4 is 5.32 Å². The highest BCUT2D eigenvalue weighted by molar-refractivity contribution is 7.90. The Labute approximate surface area is 160 Å².